The number of benzene rings is 3. The molecule has 10 heteroatoms. The lowest BCUT2D eigenvalue weighted by atomic mass is 9.92. The molecule has 0 aliphatic carbocycles. The lowest BCUT2D eigenvalue weighted by Gasteiger charge is -2.32. The van der Waals surface area contributed by atoms with E-state index >= 15 is 0 Å². The smallest absolute Gasteiger partial charge is 0.411 e. The monoisotopic (exact) mass is 545 g/mol. The van der Waals surface area contributed by atoms with Crippen molar-refractivity contribution in [1.29, 1.82) is 0 Å². The Hall–Kier alpha value is -4.31. The van der Waals surface area contributed by atoms with E-state index in [4.69, 9.17) is 9.47 Å². The average Bonchev–Trinajstić information content (AvgIpc) is 3.26. The molecule has 2 aliphatic heterocycles. The van der Waals surface area contributed by atoms with Gasteiger partial charge in [0.1, 0.15) is 12.4 Å². The molecule has 3 aromatic carbocycles. The first-order chi connectivity index (χ1) is 18.9. The molecule has 9 nitrogen and oxygen atoms in total. The van der Waals surface area contributed by atoms with Crippen molar-refractivity contribution >= 4 is 46.3 Å². The van der Waals surface area contributed by atoms with Crippen molar-refractivity contribution in [2.24, 2.45) is 0 Å². The predicted octanol–water partition coefficient (Wildman–Crippen LogP) is 4.82. The first-order valence-corrected chi connectivity index (χ1v) is 13.4. The largest absolute Gasteiger partial charge is 0.495 e. The standard InChI is InChI=1S/C29H27N3O6S/c1-37-23-13-9-20(15-24-27(34)31-29(36)39-24)22-12-14-25(33)32(26(22)23)16-18-7-10-21(11-8-18)30-28(35)38-17-19-5-3-2-4-6-19/h2-11,13,24H,12,14-17H2,1H3,(H,30,35)(H,31,34,36). The molecular formula is C29H27N3O6S. The maximum atomic E-state index is 13.1. The number of carbonyl (C=O) groups excluding carboxylic acids is 4. The van der Waals surface area contributed by atoms with Crippen LogP contribution in [-0.4, -0.2) is 35.5 Å². The van der Waals surface area contributed by atoms with E-state index in [0.717, 1.165) is 34.0 Å². The Morgan fingerprint density at radius 2 is 1.77 bits per heavy atom. The second kappa shape index (κ2) is 11.6. The molecule has 2 N–H and O–H groups in total. The van der Waals surface area contributed by atoms with Gasteiger partial charge in [0.25, 0.3) is 5.24 Å². The van der Waals surface area contributed by atoms with Crippen molar-refractivity contribution in [2.75, 3.05) is 17.3 Å². The summed E-state index contributed by atoms with van der Waals surface area (Å²) in [6.07, 6.45) is 0.679. The van der Waals surface area contributed by atoms with Crippen molar-refractivity contribution in [3.05, 3.63) is 89.0 Å². The fourth-order valence-corrected chi connectivity index (χ4v) is 5.57. The second-order valence-electron chi connectivity index (χ2n) is 9.20. The van der Waals surface area contributed by atoms with Crippen LogP contribution in [0.3, 0.4) is 0 Å². The molecule has 0 radical (unpaired) electrons. The van der Waals surface area contributed by atoms with Crippen molar-refractivity contribution in [3.8, 4) is 5.75 Å². The quantitative estimate of drug-likeness (QED) is 0.417. The average molecular weight is 546 g/mol. The number of carbonyl (C=O) groups is 4. The maximum Gasteiger partial charge on any atom is 0.411 e. The number of fused-ring (bicyclic) bond motifs is 1. The molecule has 5 rings (SSSR count). The van der Waals surface area contributed by atoms with Gasteiger partial charge in [0.15, 0.2) is 0 Å². The highest BCUT2D eigenvalue weighted by molar-refractivity contribution is 8.15. The fraction of sp³-hybridized carbons (Fsp3) is 0.241. The lowest BCUT2D eigenvalue weighted by Crippen LogP contribution is -2.35. The van der Waals surface area contributed by atoms with E-state index in [-0.39, 0.29) is 23.7 Å². The molecule has 4 amide bonds. The number of ether oxygens (including phenoxy) is 2. The summed E-state index contributed by atoms with van der Waals surface area (Å²) in [5.74, 6) is 0.240. The van der Waals surface area contributed by atoms with Crippen molar-refractivity contribution in [2.45, 2.75) is 37.7 Å². The summed E-state index contributed by atoms with van der Waals surface area (Å²) in [4.78, 5) is 50.8. The molecule has 200 valence electrons. The van der Waals surface area contributed by atoms with Gasteiger partial charge in [-0.2, -0.15) is 0 Å². The van der Waals surface area contributed by atoms with Crippen molar-refractivity contribution < 1.29 is 28.7 Å². The van der Waals surface area contributed by atoms with Crippen LogP contribution in [0.4, 0.5) is 21.0 Å². The van der Waals surface area contributed by atoms with Gasteiger partial charge in [0.05, 0.1) is 24.6 Å². The zero-order chi connectivity index (χ0) is 27.4. The molecule has 1 unspecified atom stereocenters. The number of anilines is 2. The number of hydrogen-bond donors (Lipinski definition) is 2. The number of rotatable bonds is 8. The van der Waals surface area contributed by atoms with E-state index < -0.39 is 11.3 Å². The summed E-state index contributed by atoms with van der Waals surface area (Å²) >= 11 is 0.990. The minimum atomic E-state index is -0.556. The number of nitrogens with one attached hydrogen (secondary N) is 2. The van der Waals surface area contributed by atoms with Crippen LogP contribution >= 0.6 is 11.8 Å². The van der Waals surface area contributed by atoms with Crippen LogP contribution in [0.25, 0.3) is 0 Å². The summed E-state index contributed by atoms with van der Waals surface area (Å²) in [5.41, 5.74) is 4.88. The number of imide groups is 1. The SMILES string of the molecule is COc1ccc(CC2SC(=O)NC2=O)c2c1N(Cc1ccc(NC(=O)OCc3ccccc3)cc1)C(=O)CC2. The Balaban J connectivity index is 1.29. The van der Waals surface area contributed by atoms with Gasteiger partial charge in [-0.05, 0) is 53.3 Å². The normalized spacial score (nSPS) is 16.5. The summed E-state index contributed by atoms with van der Waals surface area (Å²) in [6, 6.07) is 20.3. The zero-order valence-corrected chi connectivity index (χ0v) is 22.1. The highest BCUT2D eigenvalue weighted by Crippen LogP contribution is 2.41. The van der Waals surface area contributed by atoms with E-state index in [0.29, 0.717) is 42.9 Å². The minimum absolute atomic E-state index is 0.0344. The lowest BCUT2D eigenvalue weighted by molar-refractivity contribution is -0.119. The number of methoxy groups -OCH3 is 1. The van der Waals surface area contributed by atoms with E-state index in [1.165, 1.54) is 0 Å². The molecule has 1 saturated heterocycles. The molecule has 0 saturated carbocycles. The Kier molecular flexibility index (Phi) is 7.83. The molecule has 0 spiro atoms. The minimum Gasteiger partial charge on any atom is -0.495 e. The molecule has 0 bridgehead atoms. The molecule has 3 aromatic rings. The third-order valence-electron chi connectivity index (χ3n) is 6.65. The van der Waals surface area contributed by atoms with E-state index in [1.807, 2.05) is 48.5 Å². The van der Waals surface area contributed by atoms with Gasteiger partial charge < -0.3 is 14.4 Å². The third kappa shape index (κ3) is 6.06. The first kappa shape index (κ1) is 26.3. The summed E-state index contributed by atoms with van der Waals surface area (Å²) in [6.45, 7) is 0.479. The van der Waals surface area contributed by atoms with Gasteiger partial charge >= 0.3 is 6.09 Å². The topological polar surface area (TPSA) is 114 Å². The number of hydrogen-bond acceptors (Lipinski definition) is 7. The van der Waals surface area contributed by atoms with Crippen molar-refractivity contribution in [3.63, 3.8) is 0 Å². The van der Waals surface area contributed by atoms with E-state index in [9.17, 15) is 19.2 Å². The van der Waals surface area contributed by atoms with Gasteiger partial charge in [-0.3, -0.25) is 25.0 Å². The zero-order valence-electron chi connectivity index (χ0n) is 21.3. The Morgan fingerprint density at radius 3 is 2.46 bits per heavy atom. The van der Waals surface area contributed by atoms with Crippen LogP contribution in [-0.2, 0) is 40.3 Å². The van der Waals surface area contributed by atoms with Crippen LogP contribution in [0.2, 0.25) is 0 Å². The predicted molar refractivity (Wildman–Crippen MR) is 148 cm³/mol. The van der Waals surface area contributed by atoms with E-state index in [1.54, 1.807) is 30.2 Å². The summed E-state index contributed by atoms with van der Waals surface area (Å²) < 4.78 is 10.9. The number of nitrogens with zero attached hydrogens (tertiary/aromatic N) is 1. The van der Waals surface area contributed by atoms with Crippen LogP contribution < -0.4 is 20.3 Å². The Bertz CT molecular complexity index is 1410. The van der Waals surface area contributed by atoms with Crippen LogP contribution in [0, 0.1) is 0 Å². The van der Waals surface area contributed by atoms with Crippen LogP contribution in [0.15, 0.2) is 66.7 Å². The molecule has 1 fully saturated rings. The maximum absolute atomic E-state index is 13.1. The third-order valence-corrected chi connectivity index (χ3v) is 7.63. The van der Waals surface area contributed by atoms with Crippen LogP contribution in [0.1, 0.15) is 28.7 Å². The Morgan fingerprint density at radius 1 is 1.00 bits per heavy atom. The molecule has 1 atom stereocenters. The van der Waals surface area contributed by atoms with Crippen molar-refractivity contribution in [1.82, 2.24) is 5.32 Å². The highest BCUT2D eigenvalue weighted by Gasteiger charge is 2.35. The Labute approximate surface area is 229 Å². The second-order valence-corrected chi connectivity index (χ2v) is 10.4. The summed E-state index contributed by atoms with van der Waals surface area (Å²) in [7, 11) is 1.56. The molecule has 0 aromatic heterocycles. The van der Waals surface area contributed by atoms with Gasteiger partial charge in [0.2, 0.25) is 11.8 Å². The highest BCUT2D eigenvalue weighted by atomic mass is 32.2. The fourth-order valence-electron chi connectivity index (χ4n) is 4.73. The number of thioether (sulfide) groups is 1. The van der Waals surface area contributed by atoms with E-state index in [2.05, 4.69) is 10.6 Å². The molecular weight excluding hydrogens is 518 g/mol. The molecule has 2 heterocycles. The number of amides is 4. The van der Waals surface area contributed by atoms with Gasteiger partial charge in [-0.25, -0.2) is 4.79 Å². The molecule has 2 aliphatic rings. The van der Waals surface area contributed by atoms with Gasteiger partial charge in [-0.1, -0.05) is 60.3 Å². The van der Waals surface area contributed by atoms with Gasteiger partial charge in [0, 0.05) is 12.1 Å². The van der Waals surface area contributed by atoms with Gasteiger partial charge in [-0.15, -0.1) is 0 Å². The summed E-state index contributed by atoms with van der Waals surface area (Å²) in [5, 5.41) is 4.20. The van der Waals surface area contributed by atoms with Crippen LogP contribution in [0.5, 0.6) is 5.75 Å². The molecule has 39 heavy (non-hydrogen) atoms. The first-order valence-electron chi connectivity index (χ1n) is 12.5.